The Hall–Kier alpha value is -1.84. The van der Waals surface area contributed by atoms with E-state index in [1.54, 1.807) is 19.1 Å². The molecular formula is C15H19FN4O3S. The van der Waals surface area contributed by atoms with Crippen molar-refractivity contribution in [2.75, 3.05) is 31.9 Å². The topological polar surface area (TPSA) is 79.5 Å². The smallest absolute Gasteiger partial charge is 0.257 e. The average molecular weight is 354 g/mol. The standard InChI is InChI=1S/C15H19FN4O3S/c1-2-24(21,22)20-9-7-19(8-10-20)11-14-17-15(23-18-14)12-3-5-13(16)6-4-12/h3-6H,2,7-11H2,1H3. The molecule has 3 rings (SSSR count). The number of nitrogens with zero attached hydrogens (tertiary/aromatic N) is 4. The average Bonchev–Trinajstić information content (AvgIpc) is 3.04. The van der Waals surface area contributed by atoms with Crippen LogP contribution in [0.4, 0.5) is 4.39 Å². The molecule has 0 unspecified atom stereocenters. The van der Waals surface area contributed by atoms with Crippen molar-refractivity contribution >= 4 is 10.0 Å². The summed E-state index contributed by atoms with van der Waals surface area (Å²) in [6.45, 7) is 4.33. The summed E-state index contributed by atoms with van der Waals surface area (Å²) in [7, 11) is -3.13. The van der Waals surface area contributed by atoms with Gasteiger partial charge >= 0.3 is 0 Å². The lowest BCUT2D eigenvalue weighted by Gasteiger charge is -2.32. The number of hydrogen-bond acceptors (Lipinski definition) is 6. The summed E-state index contributed by atoms with van der Waals surface area (Å²) in [5.74, 6) is 0.676. The zero-order chi connectivity index (χ0) is 17.2. The molecule has 1 aliphatic heterocycles. The molecule has 1 aromatic carbocycles. The van der Waals surface area contributed by atoms with Crippen LogP contribution in [0.15, 0.2) is 28.8 Å². The molecule has 1 aromatic heterocycles. The van der Waals surface area contributed by atoms with Crippen LogP contribution in [-0.4, -0.2) is 59.7 Å². The van der Waals surface area contributed by atoms with E-state index in [4.69, 9.17) is 4.52 Å². The summed E-state index contributed by atoms with van der Waals surface area (Å²) in [5.41, 5.74) is 0.661. The monoisotopic (exact) mass is 354 g/mol. The third-order valence-electron chi connectivity index (χ3n) is 4.01. The maximum absolute atomic E-state index is 12.9. The van der Waals surface area contributed by atoms with Gasteiger partial charge in [0.05, 0.1) is 12.3 Å². The van der Waals surface area contributed by atoms with Crippen LogP contribution in [0.3, 0.4) is 0 Å². The fourth-order valence-corrected chi connectivity index (χ4v) is 3.66. The molecule has 0 bridgehead atoms. The van der Waals surface area contributed by atoms with Crippen LogP contribution in [0.2, 0.25) is 0 Å². The molecule has 0 spiro atoms. The molecule has 2 aromatic rings. The Balaban J connectivity index is 1.59. The minimum Gasteiger partial charge on any atom is -0.334 e. The van der Waals surface area contributed by atoms with E-state index in [2.05, 4.69) is 15.0 Å². The first kappa shape index (κ1) is 17.0. The lowest BCUT2D eigenvalue weighted by molar-refractivity contribution is 0.176. The molecule has 0 N–H and O–H groups in total. The van der Waals surface area contributed by atoms with E-state index >= 15 is 0 Å². The van der Waals surface area contributed by atoms with Crippen LogP contribution in [0.5, 0.6) is 0 Å². The first-order valence-corrected chi connectivity index (χ1v) is 9.37. The minimum atomic E-state index is -3.13. The van der Waals surface area contributed by atoms with Gasteiger partial charge in [-0.25, -0.2) is 12.8 Å². The van der Waals surface area contributed by atoms with Crippen molar-refractivity contribution in [3.8, 4) is 11.5 Å². The normalized spacial score (nSPS) is 17.2. The second-order valence-electron chi connectivity index (χ2n) is 5.60. The molecule has 1 aliphatic rings. The molecule has 0 aliphatic carbocycles. The number of halogens is 1. The third-order valence-corrected chi connectivity index (χ3v) is 5.90. The zero-order valence-corrected chi connectivity index (χ0v) is 14.2. The third kappa shape index (κ3) is 3.80. The number of aromatic nitrogens is 2. The Bertz CT molecular complexity index is 783. The van der Waals surface area contributed by atoms with Gasteiger partial charge in [0.2, 0.25) is 10.0 Å². The molecule has 24 heavy (non-hydrogen) atoms. The van der Waals surface area contributed by atoms with Gasteiger partial charge in [-0.1, -0.05) is 5.16 Å². The van der Waals surface area contributed by atoms with Crippen LogP contribution in [-0.2, 0) is 16.6 Å². The van der Waals surface area contributed by atoms with Crippen molar-refractivity contribution in [2.24, 2.45) is 0 Å². The Morgan fingerprint density at radius 3 is 2.46 bits per heavy atom. The van der Waals surface area contributed by atoms with Gasteiger partial charge in [0.25, 0.3) is 5.89 Å². The SMILES string of the molecule is CCS(=O)(=O)N1CCN(Cc2noc(-c3ccc(F)cc3)n2)CC1. The maximum atomic E-state index is 12.9. The largest absolute Gasteiger partial charge is 0.334 e. The van der Waals surface area contributed by atoms with Crippen LogP contribution in [0, 0.1) is 5.82 Å². The van der Waals surface area contributed by atoms with E-state index in [0.29, 0.717) is 50.0 Å². The van der Waals surface area contributed by atoms with Crippen molar-refractivity contribution in [3.63, 3.8) is 0 Å². The van der Waals surface area contributed by atoms with Gasteiger partial charge in [-0.05, 0) is 31.2 Å². The summed E-state index contributed by atoms with van der Waals surface area (Å²) in [5, 5.41) is 3.94. The number of piperazine rings is 1. The van der Waals surface area contributed by atoms with Crippen molar-refractivity contribution in [1.29, 1.82) is 0 Å². The molecule has 2 heterocycles. The highest BCUT2D eigenvalue weighted by molar-refractivity contribution is 7.89. The molecule has 0 atom stereocenters. The second kappa shape index (κ2) is 6.96. The zero-order valence-electron chi connectivity index (χ0n) is 13.4. The molecule has 0 saturated carbocycles. The minimum absolute atomic E-state index is 0.124. The summed E-state index contributed by atoms with van der Waals surface area (Å²) >= 11 is 0. The Kier molecular flexibility index (Phi) is 4.93. The number of benzene rings is 1. The fraction of sp³-hybridized carbons (Fsp3) is 0.467. The van der Waals surface area contributed by atoms with E-state index in [9.17, 15) is 12.8 Å². The van der Waals surface area contributed by atoms with Gasteiger partial charge in [-0.2, -0.15) is 9.29 Å². The molecule has 7 nitrogen and oxygen atoms in total. The van der Waals surface area contributed by atoms with Crippen molar-refractivity contribution in [2.45, 2.75) is 13.5 Å². The van der Waals surface area contributed by atoms with Gasteiger partial charge in [-0.15, -0.1) is 0 Å². The molecule has 0 radical (unpaired) electrons. The van der Waals surface area contributed by atoms with E-state index < -0.39 is 10.0 Å². The van der Waals surface area contributed by atoms with E-state index in [1.165, 1.54) is 16.4 Å². The van der Waals surface area contributed by atoms with E-state index in [1.807, 2.05) is 0 Å². The quantitative estimate of drug-likeness (QED) is 0.806. The first-order chi connectivity index (χ1) is 11.5. The number of hydrogen-bond donors (Lipinski definition) is 0. The van der Waals surface area contributed by atoms with Gasteiger partial charge in [0.1, 0.15) is 5.82 Å². The number of sulfonamides is 1. The Labute approximate surface area is 140 Å². The Morgan fingerprint density at radius 2 is 1.83 bits per heavy atom. The highest BCUT2D eigenvalue weighted by Gasteiger charge is 2.26. The lowest BCUT2D eigenvalue weighted by Crippen LogP contribution is -2.48. The predicted octanol–water partition coefficient (Wildman–Crippen LogP) is 1.34. The molecule has 0 amide bonds. The van der Waals surface area contributed by atoms with Crippen LogP contribution in [0.25, 0.3) is 11.5 Å². The Morgan fingerprint density at radius 1 is 1.17 bits per heavy atom. The summed E-state index contributed by atoms with van der Waals surface area (Å²) in [4.78, 5) is 6.40. The van der Waals surface area contributed by atoms with Gasteiger partial charge in [0, 0.05) is 31.7 Å². The molecule has 130 valence electrons. The molecular weight excluding hydrogens is 335 g/mol. The summed E-state index contributed by atoms with van der Waals surface area (Å²) in [6, 6.07) is 5.85. The first-order valence-electron chi connectivity index (χ1n) is 7.76. The van der Waals surface area contributed by atoms with Crippen molar-refractivity contribution in [1.82, 2.24) is 19.3 Å². The van der Waals surface area contributed by atoms with Crippen LogP contribution < -0.4 is 0 Å². The molecule has 1 fully saturated rings. The van der Waals surface area contributed by atoms with Crippen LogP contribution in [0.1, 0.15) is 12.7 Å². The highest BCUT2D eigenvalue weighted by atomic mass is 32.2. The number of rotatable bonds is 5. The van der Waals surface area contributed by atoms with Gasteiger partial charge in [0.15, 0.2) is 5.82 Å². The highest BCUT2D eigenvalue weighted by Crippen LogP contribution is 2.18. The van der Waals surface area contributed by atoms with Gasteiger partial charge < -0.3 is 4.52 Å². The van der Waals surface area contributed by atoms with E-state index in [0.717, 1.165) is 0 Å². The fourth-order valence-electron chi connectivity index (χ4n) is 2.58. The second-order valence-corrected chi connectivity index (χ2v) is 7.86. The maximum Gasteiger partial charge on any atom is 0.257 e. The molecule has 9 heteroatoms. The predicted molar refractivity (Wildman–Crippen MR) is 86.0 cm³/mol. The summed E-state index contributed by atoms with van der Waals surface area (Å²) < 4.78 is 43.4. The summed E-state index contributed by atoms with van der Waals surface area (Å²) in [6.07, 6.45) is 0. The lowest BCUT2D eigenvalue weighted by atomic mass is 10.2. The molecule has 1 saturated heterocycles. The van der Waals surface area contributed by atoms with Crippen molar-refractivity contribution in [3.05, 3.63) is 35.9 Å². The van der Waals surface area contributed by atoms with Crippen LogP contribution >= 0.6 is 0 Å². The van der Waals surface area contributed by atoms with Crippen molar-refractivity contribution < 1.29 is 17.3 Å². The van der Waals surface area contributed by atoms with E-state index in [-0.39, 0.29) is 11.6 Å². The van der Waals surface area contributed by atoms with Gasteiger partial charge in [-0.3, -0.25) is 4.90 Å².